The molecule has 11 heteroatoms. The molecule has 0 saturated carbocycles. The van der Waals surface area contributed by atoms with Crippen LogP contribution in [0, 0.1) is 13.8 Å². The van der Waals surface area contributed by atoms with Gasteiger partial charge in [-0.25, -0.2) is 4.79 Å². The summed E-state index contributed by atoms with van der Waals surface area (Å²) in [5.74, 6) is 1.81. The molecule has 3 aromatic heterocycles. The first-order chi connectivity index (χ1) is 16.9. The number of benzene rings is 1. The highest BCUT2D eigenvalue weighted by atomic mass is 16.5. The van der Waals surface area contributed by atoms with Gasteiger partial charge in [-0.2, -0.15) is 4.98 Å². The molecule has 1 aliphatic heterocycles. The first-order valence-corrected chi connectivity index (χ1v) is 11.6. The Labute approximate surface area is 201 Å². The smallest absolute Gasteiger partial charge is 0.332 e. The molecule has 1 fully saturated rings. The van der Waals surface area contributed by atoms with Crippen molar-refractivity contribution in [3.8, 4) is 17.2 Å². The van der Waals surface area contributed by atoms with Gasteiger partial charge < -0.3 is 14.2 Å². The van der Waals surface area contributed by atoms with E-state index in [0.29, 0.717) is 54.7 Å². The van der Waals surface area contributed by atoms with Crippen LogP contribution in [0.15, 0.2) is 27.8 Å². The highest BCUT2D eigenvalue weighted by molar-refractivity contribution is 5.77. The molecule has 5 rings (SSSR count). The zero-order chi connectivity index (χ0) is 24.9. The van der Waals surface area contributed by atoms with E-state index in [1.807, 2.05) is 34.9 Å². The molecule has 0 N–H and O–H groups in total. The van der Waals surface area contributed by atoms with E-state index < -0.39 is 0 Å². The van der Waals surface area contributed by atoms with Gasteiger partial charge in [-0.3, -0.25) is 27.8 Å². The van der Waals surface area contributed by atoms with Gasteiger partial charge in [0.15, 0.2) is 11.2 Å². The van der Waals surface area contributed by atoms with Crippen molar-refractivity contribution < 1.29 is 14.2 Å². The number of nitrogens with zero attached hydrogens (tertiary/aromatic N) is 6. The number of imidazole rings is 2. The largest absolute Gasteiger partial charge is 0.497 e. The van der Waals surface area contributed by atoms with Gasteiger partial charge >= 0.3 is 5.69 Å². The summed E-state index contributed by atoms with van der Waals surface area (Å²) < 4.78 is 22.9. The molecule has 0 spiro atoms. The molecule has 0 radical (unpaired) electrons. The predicted molar refractivity (Wildman–Crippen MR) is 131 cm³/mol. The van der Waals surface area contributed by atoms with Crippen molar-refractivity contribution in [3.63, 3.8) is 0 Å². The van der Waals surface area contributed by atoms with E-state index in [9.17, 15) is 9.59 Å². The van der Waals surface area contributed by atoms with Gasteiger partial charge in [0.05, 0.1) is 33.1 Å². The van der Waals surface area contributed by atoms with Crippen molar-refractivity contribution >= 4 is 16.9 Å². The predicted octanol–water partition coefficient (Wildman–Crippen LogP) is 1.10. The maximum absolute atomic E-state index is 13.7. The van der Waals surface area contributed by atoms with Crippen molar-refractivity contribution in [2.75, 3.05) is 47.1 Å². The lowest BCUT2D eigenvalue weighted by atomic mass is 10.2. The Kier molecular flexibility index (Phi) is 5.89. The summed E-state index contributed by atoms with van der Waals surface area (Å²) in [5, 5.41) is 0. The van der Waals surface area contributed by atoms with Gasteiger partial charge in [0.1, 0.15) is 11.5 Å². The molecule has 0 unspecified atom stereocenters. The summed E-state index contributed by atoms with van der Waals surface area (Å²) >= 11 is 0. The molecule has 35 heavy (non-hydrogen) atoms. The Balaban J connectivity index is 1.71. The lowest BCUT2D eigenvalue weighted by molar-refractivity contribution is 0.0361. The lowest BCUT2D eigenvalue weighted by Gasteiger charge is -2.26. The van der Waals surface area contributed by atoms with Crippen LogP contribution in [0.3, 0.4) is 0 Å². The molecule has 0 aliphatic carbocycles. The van der Waals surface area contributed by atoms with Crippen molar-refractivity contribution in [2.45, 2.75) is 20.4 Å². The molecule has 1 aliphatic rings. The van der Waals surface area contributed by atoms with Crippen molar-refractivity contribution in [2.24, 2.45) is 7.05 Å². The van der Waals surface area contributed by atoms with Gasteiger partial charge in [0, 0.05) is 50.7 Å². The molecule has 11 nitrogen and oxygen atoms in total. The van der Waals surface area contributed by atoms with Crippen LogP contribution in [-0.4, -0.2) is 75.1 Å². The number of methoxy groups -OCH3 is 2. The fourth-order valence-electron chi connectivity index (χ4n) is 4.77. The molecule has 0 atom stereocenters. The van der Waals surface area contributed by atoms with Gasteiger partial charge in [-0.05, 0) is 26.0 Å². The quantitative estimate of drug-likeness (QED) is 0.406. The summed E-state index contributed by atoms with van der Waals surface area (Å²) in [6, 6.07) is 5.54. The number of ether oxygens (including phenoxy) is 3. The molecule has 0 bridgehead atoms. The van der Waals surface area contributed by atoms with Crippen LogP contribution in [0.5, 0.6) is 11.5 Å². The number of aromatic nitrogens is 5. The number of rotatable bonds is 6. The van der Waals surface area contributed by atoms with E-state index in [2.05, 4.69) is 4.90 Å². The van der Waals surface area contributed by atoms with E-state index >= 15 is 0 Å². The topological polar surface area (TPSA) is 97.2 Å². The standard InChI is InChI=1S/C24H30N6O5/c1-15-16(2)30-20-21(25-23(30)29(15)18-7-6-17(33-4)14-19(18)34-5)26(3)24(32)28(22(20)31)9-8-27-10-12-35-13-11-27/h6-7,14H,8-13H2,1-5H3. The fraction of sp³-hybridized carbons (Fsp3) is 0.458. The normalized spacial score (nSPS) is 14.8. The number of hydrogen-bond acceptors (Lipinski definition) is 7. The van der Waals surface area contributed by atoms with Crippen LogP contribution in [0.4, 0.5) is 0 Å². The number of hydrogen-bond donors (Lipinski definition) is 0. The van der Waals surface area contributed by atoms with Crippen LogP contribution >= 0.6 is 0 Å². The van der Waals surface area contributed by atoms with E-state index in [4.69, 9.17) is 19.2 Å². The van der Waals surface area contributed by atoms with Crippen LogP contribution in [0.2, 0.25) is 0 Å². The zero-order valence-electron chi connectivity index (χ0n) is 20.7. The zero-order valence-corrected chi connectivity index (χ0v) is 20.7. The van der Waals surface area contributed by atoms with Crippen LogP contribution in [0.25, 0.3) is 22.6 Å². The second-order valence-electron chi connectivity index (χ2n) is 8.72. The Bertz CT molecular complexity index is 1540. The summed E-state index contributed by atoms with van der Waals surface area (Å²) in [5.41, 5.74) is 2.54. The average Bonchev–Trinajstić information content (AvgIpc) is 3.38. The third-order valence-electron chi connectivity index (χ3n) is 6.89. The molecule has 186 valence electrons. The Morgan fingerprint density at radius 3 is 2.46 bits per heavy atom. The maximum Gasteiger partial charge on any atom is 0.332 e. The summed E-state index contributed by atoms with van der Waals surface area (Å²) in [4.78, 5) is 33.8. The number of fused-ring (bicyclic) bond motifs is 3. The third kappa shape index (κ3) is 3.62. The molecule has 1 saturated heterocycles. The van der Waals surface area contributed by atoms with E-state index in [1.165, 1.54) is 9.13 Å². The lowest BCUT2D eigenvalue weighted by Crippen LogP contribution is -2.44. The highest BCUT2D eigenvalue weighted by Crippen LogP contribution is 2.32. The molecule has 0 amide bonds. The summed E-state index contributed by atoms with van der Waals surface area (Å²) in [6.07, 6.45) is 0. The third-order valence-corrected chi connectivity index (χ3v) is 6.89. The van der Waals surface area contributed by atoms with Crippen LogP contribution in [0.1, 0.15) is 11.4 Å². The SMILES string of the molecule is COc1ccc(-n2c(C)c(C)n3c4c(=O)n(CCN5CCOCC5)c(=O)n(C)c4nc23)c(OC)c1. The average molecular weight is 483 g/mol. The van der Waals surface area contributed by atoms with Gasteiger partial charge in [-0.15, -0.1) is 0 Å². The minimum Gasteiger partial charge on any atom is -0.497 e. The summed E-state index contributed by atoms with van der Waals surface area (Å²) in [7, 11) is 4.85. The Morgan fingerprint density at radius 1 is 1.03 bits per heavy atom. The fourth-order valence-corrected chi connectivity index (χ4v) is 4.77. The Morgan fingerprint density at radius 2 is 1.77 bits per heavy atom. The maximum atomic E-state index is 13.7. The Hall–Kier alpha value is -3.57. The molecule has 4 heterocycles. The van der Waals surface area contributed by atoms with Crippen molar-refractivity contribution in [3.05, 3.63) is 50.4 Å². The van der Waals surface area contributed by atoms with E-state index in [1.54, 1.807) is 27.3 Å². The van der Waals surface area contributed by atoms with Gasteiger partial charge in [0.25, 0.3) is 5.56 Å². The number of aryl methyl sites for hydroxylation is 2. The first-order valence-electron chi connectivity index (χ1n) is 11.6. The van der Waals surface area contributed by atoms with Crippen molar-refractivity contribution in [1.82, 2.24) is 28.0 Å². The second kappa shape index (κ2) is 8.90. The number of morpholine rings is 1. The van der Waals surface area contributed by atoms with Crippen LogP contribution in [-0.2, 0) is 18.3 Å². The molecule has 1 aromatic carbocycles. The molecular formula is C24H30N6O5. The van der Waals surface area contributed by atoms with Gasteiger partial charge in [0.2, 0.25) is 5.78 Å². The first kappa shape index (κ1) is 23.2. The molecule has 4 aromatic rings. The summed E-state index contributed by atoms with van der Waals surface area (Å²) in [6.45, 7) is 7.73. The van der Waals surface area contributed by atoms with Crippen molar-refractivity contribution in [1.29, 1.82) is 0 Å². The highest BCUT2D eigenvalue weighted by Gasteiger charge is 2.25. The van der Waals surface area contributed by atoms with E-state index in [0.717, 1.165) is 30.2 Å². The monoisotopic (exact) mass is 482 g/mol. The minimum absolute atomic E-state index is 0.305. The van der Waals surface area contributed by atoms with Gasteiger partial charge in [-0.1, -0.05) is 0 Å². The molecular weight excluding hydrogens is 452 g/mol. The second-order valence-corrected chi connectivity index (χ2v) is 8.72. The van der Waals surface area contributed by atoms with E-state index in [-0.39, 0.29) is 11.2 Å². The minimum atomic E-state index is -0.375. The van der Waals surface area contributed by atoms with Crippen LogP contribution < -0.4 is 20.7 Å².